The first kappa shape index (κ1) is 15.0. The summed E-state index contributed by atoms with van der Waals surface area (Å²) in [7, 11) is 0. The summed E-state index contributed by atoms with van der Waals surface area (Å²) in [6.45, 7) is 2.13. The van der Waals surface area contributed by atoms with Gasteiger partial charge in [-0.05, 0) is 41.7 Å². The minimum Gasteiger partial charge on any atom is -0.191 e. The Morgan fingerprint density at radius 1 is 1.05 bits per heavy atom. The number of rotatable bonds is 3. The molecule has 0 aliphatic rings. The Kier molecular flexibility index (Phi) is 3.91. The summed E-state index contributed by atoms with van der Waals surface area (Å²) in [6, 6.07) is 11.4. The van der Waals surface area contributed by atoms with Gasteiger partial charge in [0.15, 0.2) is 0 Å². The van der Waals surface area contributed by atoms with Gasteiger partial charge in [0.25, 0.3) is 0 Å². The quantitative estimate of drug-likeness (QED) is 0.582. The van der Waals surface area contributed by atoms with Gasteiger partial charge in [-0.25, -0.2) is 0 Å². The number of nitrogens with zero attached hydrogens (tertiary/aromatic N) is 1. The van der Waals surface area contributed by atoms with Crippen molar-refractivity contribution >= 4 is 21.6 Å². The third-order valence-corrected chi connectivity index (χ3v) is 4.37. The average molecular weight is 321 g/mol. The minimum absolute atomic E-state index is 0.638. The molecule has 0 amide bonds. The number of fused-ring (bicyclic) bond motifs is 1. The molecule has 1 heterocycles. The van der Waals surface area contributed by atoms with E-state index in [1.54, 1.807) is 0 Å². The molecule has 1 nitrogen and oxygen atoms in total. The van der Waals surface area contributed by atoms with Gasteiger partial charge in [-0.2, -0.15) is 17.5 Å². The van der Waals surface area contributed by atoms with Gasteiger partial charge < -0.3 is 0 Å². The standard InChI is InChI=1S/C17H14F3NS/c1-2-3-11-4-9-14-15(10-11)22-21-16(14)12-5-7-13(8-6-12)17(18,19)20/h4-10H,2-3H2,1H3. The largest absolute Gasteiger partial charge is 0.416 e. The van der Waals surface area contributed by atoms with Crippen molar-refractivity contribution in [1.82, 2.24) is 4.37 Å². The molecule has 0 N–H and O–H groups in total. The number of hydrogen-bond donors (Lipinski definition) is 0. The summed E-state index contributed by atoms with van der Waals surface area (Å²) in [5, 5.41) is 0.990. The van der Waals surface area contributed by atoms with Crippen LogP contribution in [0.25, 0.3) is 21.3 Å². The van der Waals surface area contributed by atoms with E-state index in [1.807, 2.05) is 6.07 Å². The maximum Gasteiger partial charge on any atom is 0.416 e. The monoisotopic (exact) mass is 321 g/mol. The fourth-order valence-electron chi connectivity index (χ4n) is 2.45. The SMILES string of the molecule is CCCc1ccc2c(-c3ccc(C(F)(F)F)cc3)nsc2c1. The Hall–Kier alpha value is -1.88. The summed E-state index contributed by atoms with van der Waals surface area (Å²) >= 11 is 1.39. The molecular weight excluding hydrogens is 307 g/mol. The molecule has 0 unspecified atom stereocenters. The molecule has 0 atom stereocenters. The third kappa shape index (κ3) is 2.86. The highest BCUT2D eigenvalue weighted by Crippen LogP contribution is 2.34. The van der Waals surface area contributed by atoms with Crippen LogP contribution in [0.4, 0.5) is 13.2 Å². The molecule has 0 aliphatic carbocycles. The third-order valence-electron chi connectivity index (χ3n) is 3.56. The number of benzene rings is 2. The lowest BCUT2D eigenvalue weighted by Crippen LogP contribution is -2.03. The number of alkyl halides is 3. The van der Waals surface area contributed by atoms with Crippen LogP contribution in [-0.2, 0) is 12.6 Å². The van der Waals surface area contributed by atoms with E-state index >= 15 is 0 Å². The van der Waals surface area contributed by atoms with Gasteiger partial charge in [0.2, 0.25) is 0 Å². The van der Waals surface area contributed by atoms with Gasteiger partial charge in [-0.15, -0.1) is 0 Å². The van der Waals surface area contributed by atoms with E-state index < -0.39 is 11.7 Å². The summed E-state index contributed by atoms with van der Waals surface area (Å²) in [5.74, 6) is 0. The second kappa shape index (κ2) is 5.72. The molecule has 1 aromatic heterocycles. The molecule has 2 aromatic carbocycles. The topological polar surface area (TPSA) is 12.9 Å². The number of aromatic nitrogens is 1. The van der Waals surface area contributed by atoms with Crippen molar-refractivity contribution in [1.29, 1.82) is 0 Å². The molecule has 0 saturated heterocycles. The summed E-state index contributed by atoms with van der Waals surface area (Å²) in [4.78, 5) is 0. The van der Waals surface area contributed by atoms with Crippen LogP contribution in [0, 0.1) is 0 Å². The molecule has 114 valence electrons. The van der Waals surface area contributed by atoms with Crippen LogP contribution in [0.5, 0.6) is 0 Å². The van der Waals surface area contributed by atoms with E-state index in [4.69, 9.17) is 0 Å². The predicted molar refractivity (Wildman–Crippen MR) is 84.1 cm³/mol. The molecule has 0 fully saturated rings. The van der Waals surface area contributed by atoms with Crippen LogP contribution in [0.2, 0.25) is 0 Å². The van der Waals surface area contributed by atoms with Crippen LogP contribution in [-0.4, -0.2) is 4.37 Å². The van der Waals surface area contributed by atoms with Crippen molar-refractivity contribution in [2.45, 2.75) is 25.9 Å². The van der Waals surface area contributed by atoms with Crippen molar-refractivity contribution in [2.75, 3.05) is 0 Å². The van der Waals surface area contributed by atoms with Crippen LogP contribution >= 0.6 is 11.5 Å². The molecule has 0 spiro atoms. The summed E-state index contributed by atoms with van der Waals surface area (Å²) in [6.07, 6.45) is -2.21. The van der Waals surface area contributed by atoms with Gasteiger partial charge in [0.1, 0.15) is 0 Å². The van der Waals surface area contributed by atoms with Crippen LogP contribution in [0.3, 0.4) is 0 Å². The normalized spacial score (nSPS) is 12.0. The Balaban J connectivity index is 2.00. The Labute approximate surface area is 130 Å². The number of halogens is 3. The second-order valence-electron chi connectivity index (χ2n) is 5.19. The predicted octanol–water partition coefficient (Wildman–Crippen LogP) is 5.93. The molecule has 0 saturated carbocycles. The lowest BCUT2D eigenvalue weighted by molar-refractivity contribution is -0.137. The van der Waals surface area contributed by atoms with Crippen molar-refractivity contribution in [3.63, 3.8) is 0 Å². The van der Waals surface area contributed by atoms with Crippen molar-refractivity contribution in [3.05, 3.63) is 53.6 Å². The zero-order valence-corrected chi connectivity index (χ0v) is 12.8. The Morgan fingerprint density at radius 3 is 2.41 bits per heavy atom. The maximum absolute atomic E-state index is 12.6. The first-order valence-corrected chi connectivity index (χ1v) is 7.82. The molecule has 0 bridgehead atoms. The van der Waals surface area contributed by atoms with Crippen molar-refractivity contribution in [3.8, 4) is 11.3 Å². The van der Waals surface area contributed by atoms with Gasteiger partial charge in [0, 0.05) is 10.9 Å². The minimum atomic E-state index is -4.31. The lowest BCUT2D eigenvalue weighted by Gasteiger charge is -2.07. The zero-order valence-electron chi connectivity index (χ0n) is 11.9. The Morgan fingerprint density at radius 2 is 1.77 bits per heavy atom. The molecule has 22 heavy (non-hydrogen) atoms. The van der Waals surface area contributed by atoms with Gasteiger partial charge in [0.05, 0.1) is 16.0 Å². The highest BCUT2D eigenvalue weighted by molar-refractivity contribution is 7.13. The van der Waals surface area contributed by atoms with E-state index in [2.05, 4.69) is 23.4 Å². The van der Waals surface area contributed by atoms with E-state index in [9.17, 15) is 13.2 Å². The highest BCUT2D eigenvalue weighted by Gasteiger charge is 2.30. The maximum atomic E-state index is 12.6. The second-order valence-corrected chi connectivity index (χ2v) is 5.99. The van der Waals surface area contributed by atoms with Gasteiger partial charge >= 0.3 is 6.18 Å². The molecule has 3 aromatic rings. The van der Waals surface area contributed by atoms with Crippen LogP contribution in [0.1, 0.15) is 24.5 Å². The molecule has 5 heteroatoms. The first-order valence-electron chi connectivity index (χ1n) is 7.05. The zero-order chi connectivity index (χ0) is 15.7. The molecule has 3 rings (SSSR count). The average Bonchev–Trinajstić information content (AvgIpc) is 2.90. The van der Waals surface area contributed by atoms with E-state index in [0.29, 0.717) is 5.56 Å². The molecule has 0 radical (unpaired) electrons. The number of hydrogen-bond acceptors (Lipinski definition) is 2. The van der Waals surface area contributed by atoms with Crippen LogP contribution < -0.4 is 0 Å². The first-order chi connectivity index (χ1) is 10.5. The fraction of sp³-hybridized carbons (Fsp3) is 0.235. The van der Waals surface area contributed by atoms with E-state index in [1.165, 1.54) is 29.2 Å². The summed E-state index contributed by atoms with van der Waals surface area (Å²) < 4.78 is 43.3. The van der Waals surface area contributed by atoms with Gasteiger partial charge in [-0.1, -0.05) is 37.6 Å². The van der Waals surface area contributed by atoms with Crippen molar-refractivity contribution < 1.29 is 13.2 Å². The highest BCUT2D eigenvalue weighted by atomic mass is 32.1. The van der Waals surface area contributed by atoms with Crippen LogP contribution in [0.15, 0.2) is 42.5 Å². The van der Waals surface area contributed by atoms with Crippen molar-refractivity contribution in [2.24, 2.45) is 0 Å². The Bertz CT molecular complexity index is 788. The van der Waals surface area contributed by atoms with Gasteiger partial charge in [-0.3, -0.25) is 0 Å². The molecular formula is C17H14F3NS. The fourth-order valence-corrected chi connectivity index (χ4v) is 3.31. The molecule has 0 aliphatic heterocycles. The smallest absolute Gasteiger partial charge is 0.191 e. The van der Waals surface area contributed by atoms with E-state index in [0.717, 1.165) is 40.8 Å². The summed E-state index contributed by atoms with van der Waals surface area (Å²) in [5.41, 5.74) is 2.08. The number of aryl methyl sites for hydroxylation is 1. The lowest BCUT2D eigenvalue weighted by atomic mass is 10.0. The van der Waals surface area contributed by atoms with E-state index in [-0.39, 0.29) is 0 Å².